The fraction of sp³-hybridized carbons (Fsp3) is 0. The molecule has 9 aromatic rings. The van der Waals surface area contributed by atoms with Crippen LogP contribution in [0.3, 0.4) is 0 Å². The molecule has 0 radical (unpaired) electrons. The number of furan rings is 1. The van der Waals surface area contributed by atoms with Crippen LogP contribution in [0.15, 0.2) is 180 Å². The monoisotopic (exact) mass is 587 g/mol. The second kappa shape index (κ2) is 10.8. The molecule has 0 fully saturated rings. The quantitative estimate of drug-likeness (QED) is 0.199. The summed E-state index contributed by atoms with van der Waals surface area (Å²) in [7, 11) is 0. The van der Waals surface area contributed by atoms with Gasteiger partial charge in [-0.05, 0) is 92.3 Å². The van der Waals surface area contributed by atoms with Gasteiger partial charge in [0.2, 0.25) is 0 Å². The van der Waals surface area contributed by atoms with Crippen molar-refractivity contribution in [3.8, 4) is 22.3 Å². The van der Waals surface area contributed by atoms with Gasteiger partial charge in [-0.1, -0.05) is 121 Å². The highest BCUT2D eigenvalue weighted by Gasteiger charge is 2.17. The Morgan fingerprint density at radius 3 is 1.65 bits per heavy atom. The van der Waals surface area contributed by atoms with Crippen molar-refractivity contribution in [2.75, 3.05) is 4.90 Å². The third-order valence-electron chi connectivity index (χ3n) is 9.04. The average Bonchev–Trinajstić information content (AvgIpc) is 3.51. The normalized spacial score (nSPS) is 11.5. The molecule has 2 heteroatoms. The first-order chi connectivity index (χ1) is 22.8. The van der Waals surface area contributed by atoms with Crippen molar-refractivity contribution in [1.29, 1.82) is 0 Å². The van der Waals surface area contributed by atoms with Crippen LogP contribution in [-0.4, -0.2) is 0 Å². The van der Waals surface area contributed by atoms with E-state index in [9.17, 15) is 0 Å². The van der Waals surface area contributed by atoms with Gasteiger partial charge in [-0.25, -0.2) is 0 Å². The summed E-state index contributed by atoms with van der Waals surface area (Å²) in [4.78, 5) is 2.31. The molecule has 46 heavy (non-hydrogen) atoms. The lowest BCUT2D eigenvalue weighted by Gasteiger charge is -2.26. The van der Waals surface area contributed by atoms with Crippen LogP contribution in [-0.2, 0) is 0 Å². The molecule has 216 valence electrons. The summed E-state index contributed by atoms with van der Waals surface area (Å²) < 4.78 is 6.49. The number of hydrogen-bond donors (Lipinski definition) is 0. The fourth-order valence-corrected chi connectivity index (χ4v) is 6.73. The van der Waals surface area contributed by atoms with Gasteiger partial charge in [-0.2, -0.15) is 0 Å². The van der Waals surface area contributed by atoms with Gasteiger partial charge in [0.15, 0.2) is 0 Å². The minimum absolute atomic E-state index is 0.877. The Kier molecular flexibility index (Phi) is 6.17. The van der Waals surface area contributed by atoms with Crippen molar-refractivity contribution in [2.45, 2.75) is 0 Å². The molecule has 0 amide bonds. The Bertz CT molecular complexity index is 2510. The predicted octanol–water partition coefficient (Wildman–Crippen LogP) is 12.7. The maximum Gasteiger partial charge on any atom is 0.137 e. The van der Waals surface area contributed by atoms with E-state index in [0.717, 1.165) is 39.0 Å². The van der Waals surface area contributed by atoms with Crippen molar-refractivity contribution in [2.24, 2.45) is 0 Å². The fourth-order valence-electron chi connectivity index (χ4n) is 6.73. The Morgan fingerprint density at radius 1 is 0.326 bits per heavy atom. The number of benzene rings is 8. The van der Waals surface area contributed by atoms with Crippen molar-refractivity contribution in [1.82, 2.24) is 0 Å². The Balaban J connectivity index is 1.16. The number of fused-ring (bicyclic) bond motifs is 6. The molecule has 0 N–H and O–H groups in total. The van der Waals surface area contributed by atoms with Gasteiger partial charge in [-0.3, -0.25) is 0 Å². The predicted molar refractivity (Wildman–Crippen MR) is 194 cm³/mol. The zero-order valence-electron chi connectivity index (χ0n) is 25.1. The molecule has 0 aliphatic rings. The molecule has 0 spiro atoms. The molecule has 0 aliphatic carbocycles. The van der Waals surface area contributed by atoms with Crippen molar-refractivity contribution >= 4 is 60.5 Å². The highest BCUT2D eigenvalue weighted by molar-refractivity contribution is 6.19. The highest BCUT2D eigenvalue weighted by Crippen LogP contribution is 2.41. The lowest BCUT2D eigenvalue weighted by molar-refractivity contribution is 0.669. The molecule has 2 nitrogen and oxygen atoms in total. The van der Waals surface area contributed by atoms with E-state index in [0.29, 0.717) is 0 Å². The van der Waals surface area contributed by atoms with E-state index in [2.05, 4.69) is 181 Å². The Morgan fingerprint density at radius 2 is 0.891 bits per heavy atom. The van der Waals surface area contributed by atoms with Crippen LogP contribution >= 0.6 is 0 Å². The molecule has 0 aliphatic heterocycles. The zero-order chi connectivity index (χ0) is 30.5. The van der Waals surface area contributed by atoms with E-state index >= 15 is 0 Å². The molecular weight excluding hydrogens is 558 g/mol. The third-order valence-corrected chi connectivity index (χ3v) is 9.04. The highest BCUT2D eigenvalue weighted by atomic mass is 16.3. The smallest absolute Gasteiger partial charge is 0.137 e. The standard InChI is InChI=1S/C44H29NO/c1-2-8-30(9-3-1)32-16-21-37(22-17-32)45(38-23-18-33(19-24-38)36-15-14-31-10-4-5-12-35(31)28-36)39-25-26-41-43(29-39)46-42-27-20-34-11-6-7-13-40(34)44(41)42/h1-29H. The van der Waals surface area contributed by atoms with Crippen LogP contribution in [0.1, 0.15) is 0 Å². The van der Waals surface area contributed by atoms with Crippen LogP contribution < -0.4 is 4.90 Å². The number of rotatable bonds is 5. The van der Waals surface area contributed by atoms with Gasteiger partial charge >= 0.3 is 0 Å². The zero-order valence-corrected chi connectivity index (χ0v) is 25.1. The van der Waals surface area contributed by atoms with Crippen LogP contribution in [0.4, 0.5) is 17.1 Å². The van der Waals surface area contributed by atoms with Crippen LogP contribution in [0, 0.1) is 0 Å². The van der Waals surface area contributed by atoms with E-state index in [4.69, 9.17) is 4.42 Å². The first kappa shape index (κ1) is 26.3. The van der Waals surface area contributed by atoms with Gasteiger partial charge in [0.25, 0.3) is 0 Å². The minimum atomic E-state index is 0.877. The molecule has 8 aromatic carbocycles. The van der Waals surface area contributed by atoms with Crippen LogP contribution in [0.25, 0.3) is 65.7 Å². The topological polar surface area (TPSA) is 16.4 Å². The Labute approximate surface area is 267 Å². The summed E-state index contributed by atoms with van der Waals surface area (Å²) in [5, 5.41) is 7.22. The summed E-state index contributed by atoms with van der Waals surface area (Å²) >= 11 is 0. The lowest BCUT2D eigenvalue weighted by Crippen LogP contribution is -2.09. The summed E-state index contributed by atoms with van der Waals surface area (Å²) in [5.41, 5.74) is 9.78. The van der Waals surface area contributed by atoms with Crippen molar-refractivity contribution in [3.63, 3.8) is 0 Å². The molecule has 9 rings (SSSR count). The first-order valence-electron chi connectivity index (χ1n) is 15.7. The summed E-state index contributed by atoms with van der Waals surface area (Å²) in [6.45, 7) is 0. The molecule has 1 aromatic heterocycles. The number of anilines is 3. The number of hydrogen-bond acceptors (Lipinski definition) is 2. The van der Waals surface area contributed by atoms with E-state index < -0.39 is 0 Å². The Hall–Kier alpha value is -6.12. The van der Waals surface area contributed by atoms with E-state index in [1.54, 1.807) is 0 Å². The van der Waals surface area contributed by atoms with E-state index in [1.807, 2.05) is 0 Å². The summed E-state index contributed by atoms with van der Waals surface area (Å²) in [6, 6.07) is 62.7. The number of nitrogens with zero attached hydrogens (tertiary/aromatic N) is 1. The molecule has 0 bridgehead atoms. The second-order valence-electron chi connectivity index (χ2n) is 11.8. The van der Waals surface area contributed by atoms with Crippen LogP contribution in [0.2, 0.25) is 0 Å². The van der Waals surface area contributed by atoms with E-state index in [1.165, 1.54) is 43.8 Å². The minimum Gasteiger partial charge on any atom is -0.456 e. The third kappa shape index (κ3) is 4.51. The summed E-state index contributed by atoms with van der Waals surface area (Å²) in [5.74, 6) is 0. The molecule has 1 heterocycles. The maximum absolute atomic E-state index is 6.49. The maximum atomic E-state index is 6.49. The van der Waals surface area contributed by atoms with Gasteiger partial charge in [0.1, 0.15) is 11.2 Å². The second-order valence-corrected chi connectivity index (χ2v) is 11.8. The first-order valence-corrected chi connectivity index (χ1v) is 15.7. The molecular formula is C44H29NO. The van der Waals surface area contributed by atoms with Crippen molar-refractivity contribution in [3.05, 3.63) is 176 Å². The van der Waals surface area contributed by atoms with Crippen molar-refractivity contribution < 1.29 is 4.42 Å². The summed E-state index contributed by atoms with van der Waals surface area (Å²) in [6.07, 6.45) is 0. The largest absolute Gasteiger partial charge is 0.456 e. The van der Waals surface area contributed by atoms with Gasteiger partial charge in [0.05, 0.1) is 0 Å². The van der Waals surface area contributed by atoms with E-state index in [-0.39, 0.29) is 0 Å². The molecule has 0 saturated carbocycles. The molecule has 0 unspecified atom stereocenters. The average molecular weight is 588 g/mol. The van der Waals surface area contributed by atoms with Gasteiger partial charge in [0, 0.05) is 33.9 Å². The van der Waals surface area contributed by atoms with Gasteiger partial charge < -0.3 is 9.32 Å². The SMILES string of the molecule is c1ccc(-c2ccc(N(c3ccc(-c4ccc5ccccc5c4)cc3)c3ccc4c(c3)oc3ccc5ccccc5c34)cc2)cc1. The molecule has 0 atom stereocenters. The van der Waals surface area contributed by atoms with Gasteiger partial charge in [-0.15, -0.1) is 0 Å². The lowest BCUT2D eigenvalue weighted by atomic mass is 10.0. The molecule has 0 saturated heterocycles. The van der Waals surface area contributed by atoms with Crippen LogP contribution in [0.5, 0.6) is 0 Å².